The predicted molar refractivity (Wildman–Crippen MR) is 82.8 cm³/mol. The lowest BCUT2D eigenvalue weighted by Crippen LogP contribution is -2.31. The van der Waals surface area contributed by atoms with Gasteiger partial charge in [0.2, 0.25) is 0 Å². The Balaban J connectivity index is 1.84. The van der Waals surface area contributed by atoms with Crippen LogP contribution < -0.4 is 0 Å². The molecule has 110 valence electrons. The summed E-state index contributed by atoms with van der Waals surface area (Å²) in [5.74, 6) is 0.640. The zero-order valence-corrected chi connectivity index (χ0v) is 12.0. The van der Waals surface area contributed by atoms with Crippen LogP contribution in [-0.4, -0.2) is 25.8 Å². The average Bonchev–Trinajstić information content (AvgIpc) is 3.08. The van der Waals surface area contributed by atoms with Crippen molar-refractivity contribution in [2.24, 2.45) is 0 Å². The van der Waals surface area contributed by atoms with E-state index in [4.69, 9.17) is 0 Å². The van der Waals surface area contributed by atoms with E-state index < -0.39 is 0 Å². The molecule has 22 heavy (non-hydrogen) atoms. The topological polar surface area (TPSA) is 61.9 Å². The number of rotatable bonds is 5. The van der Waals surface area contributed by atoms with Crippen molar-refractivity contribution in [1.82, 2.24) is 19.9 Å². The largest absolute Gasteiger partial charge is 0.347 e. The quantitative estimate of drug-likeness (QED) is 0.786. The van der Waals surface area contributed by atoms with Crippen LogP contribution in [0.15, 0.2) is 67.1 Å². The number of aromatic nitrogens is 3. The highest BCUT2D eigenvalue weighted by molar-refractivity contribution is 5.92. The number of H-pyrrole nitrogens is 1. The molecule has 0 saturated carbocycles. The minimum Gasteiger partial charge on any atom is -0.347 e. The molecular formula is C17H16N4O. The van der Waals surface area contributed by atoms with Crippen LogP contribution in [-0.2, 0) is 13.1 Å². The Morgan fingerprint density at radius 1 is 0.955 bits per heavy atom. The van der Waals surface area contributed by atoms with Gasteiger partial charge in [0.05, 0.1) is 6.54 Å². The molecular weight excluding hydrogens is 276 g/mol. The minimum absolute atomic E-state index is 0.110. The van der Waals surface area contributed by atoms with Crippen LogP contribution in [0.2, 0.25) is 0 Å². The van der Waals surface area contributed by atoms with Gasteiger partial charge < -0.3 is 9.88 Å². The first-order valence-electron chi connectivity index (χ1n) is 7.05. The van der Waals surface area contributed by atoms with Crippen molar-refractivity contribution in [1.29, 1.82) is 0 Å². The van der Waals surface area contributed by atoms with Crippen molar-refractivity contribution < 1.29 is 4.79 Å². The molecule has 1 N–H and O–H groups in total. The summed E-state index contributed by atoms with van der Waals surface area (Å²) in [6.07, 6.45) is 5.06. The second-order valence-corrected chi connectivity index (χ2v) is 4.90. The monoisotopic (exact) mass is 292 g/mol. The molecule has 2 heterocycles. The molecule has 1 amide bonds. The summed E-state index contributed by atoms with van der Waals surface area (Å²) < 4.78 is 0. The molecule has 0 saturated heterocycles. The Hall–Kier alpha value is -2.95. The zero-order chi connectivity index (χ0) is 15.2. The number of pyridine rings is 1. The number of nitrogens with zero attached hydrogens (tertiary/aromatic N) is 3. The molecule has 0 bridgehead atoms. The summed E-state index contributed by atoms with van der Waals surface area (Å²) >= 11 is 0. The maximum atomic E-state index is 12.7. The molecule has 0 atom stereocenters. The molecule has 0 radical (unpaired) electrons. The molecule has 0 unspecified atom stereocenters. The number of aromatic amines is 1. The second kappa shape index (κ2) is 6.67. The fraction of sp³-hybridized carbons (Fsp3) is 0.118. The lowest BCUT2D eigenvalue weighted by molar-refractivity contribution is 0.0720. The van der Waals surface area contributed by atoms with Gasteiger partial charge in [-0.1, -0.05) is 36.4 Å². The van der Waals surface area contributed by atoms with Crippen LogP contribution in [0.25, 0.3) is 0 Å². The summed E-state index contributed by atoms with van der Waals surface area (Å²) in [5.41, 5.74) is 1.50. The van der Waals surface area contributed by atoms with Gasteiger partial charge in [-0.25, -0.2) is 4.98 Å². The van der Waals surface area contributed by atoms with Crippen molar-refractivity contribution in [3.05, 3.63) is 84.2 Å². The van der Waals surface area contributed by atoms with E-state index in [1.807, 2.05) is 36.4 Å². The Morgan fingerprint density at radius 2 is 1.77 bits per heavy atom. The number of amides is 1. The summed E-state index contributed by atoms with van der Waals surface area (Å²) in [7, 11) is 0. The molecule has 5 nitrogen and oxygen atoms in total. The molecule has 1 aromatic carbocycles. The van der Waals surface area contributed by atoms with Crippen molar-refractivity contribution >= 4 is 5.91 Å². The number of nitrogens with one attached hydrogen (secondary N) is 1. The smallest absolute Gasteiger partial charge is 0.273 e. The number of hydrogen-bond acceptors (Lipinski definition) is 3. The standard InChI is InChI=1S/C17H16N4O/c22-17(15-8-4-5-9-18-15)21(13-16-19-10-11-20-16)12-14-6-2-1-3-7-14/h1-11H,12-13H2,(H,19,20). The Kier molecular flexibility index (Phi) is 4.25. The molecule has 0 aliphatic heterocycles. The Bertz CT molecular complexity index is 711. The first kappa shape index (κ1) is 14.0. The van der Waals surface area contributed by atoms with Gasteiger partial charge >= 0.3 is 0 Å². The third-order valence-electron chi connectivity index (χ3n) is 3.28. The van der Waals surface area contributed by atoms with Crippen LogP contribution in [0.4, 0.5) is 0 Å². The Labute approximate surface area is 128 Å². The molecule has 3 rings (SSSR count). The van der Waals surface area contributed by atoms with E-state index in [0.717, 1.165) is 11.4 Å². The molecule has 2 aromatic heterocycles. The molecule has 0 fully saturated rings. The van der Waals surface area contributed by atoms with E-state index in [0.29, 0.717) is 18.8 Å². The zero-order valence-electron chi connectivity index (χ0n) is 12.0. The number of carbonyl (C=O) groups excluding carboxylic acids is 1. The van der Waals surface area contributed by atoms with Gasteiger partial charge in [-0.05, 0) is 17.7 Å². The Morgan fingerprint density at radius 3 is 2.45 bits per heavy atom. The fourth-order valence-corrected chi connectivity index (χ4v) is 2.22. The van der Waals surface area contributed by atoms with Gasteiger partial charge in [-0.3, -0.25) is 9.78 Å². The first-order valence-corrected chi connectivity index (χ1v) is 7.05. The van der Waals surface area contributed by atoms with Gasteiger partial charge in [0, 0.05) is 25.1 Å². The highest BCUT2D eigenvalue weighted by Gasteiger charge is 2.18. The number of hydrogen-bond donors (Lipinski definition) is 1. The highest BCUT2D eigenvalue weighted by Crippen LogP contribution is 2.11. The molecule has 5 heteroatoms. The average molecular weight is 292 g/mol. The van der Waals surface area contributed by atoms with Gasteiger partial charge in [0.25, 0.3) is 5.91 Å². The molecule has 0 spiro atoms. The highest BCUT2D eigenvalue weighted by atomic mass is 16.2. The third-order valence-corrected chi connectivity index (χ3v) is 3.28. The van der Waals surface area contributed by atoms with Crippen molar-refractivity contribution in [3.63, 3.8) is 0 Å². The van der Waals surface area contributed by atoms with E-state index in [-0.39, 0.29) is 5.91 Å². The van der Waals surface area contributed by atoms with Crippen molar-refractivity contribution in [2.75, 3.05) is 0 Å². The summed E-state index contributed by atoms with van der Waals surface area (Å²) in [4.78, 5) is 25.8. The minimum atomic E-state index is -0.110. The van der Waals surface area contributed by atoms with Gasteiger partial charge in [-0.2, -0.15) is 0 Å². The lowest BCUT2D eigenvalue weighted by atomic mass is 10.2. The third kappa shape index (κ3) is 3.38. The van der Waals surface area contributed by atoms with Crippen molar-refractivity contribution in [2.45, 2.75) is 13.1 Å². The van der Waals surface area contributed by atoms with E-state index in [9.17, 15) is 4.79 Å². The van der Waals surface area contributed by atoms with Crippen molar-refractivity contribution in [3.8, 4) is 0 Å². The van der Waals surface area contributed by atoms with Gasteiger partial charge in [-0.15, -0.1) is 0 Å². The van der Waals surface area contributed by atoms with E-state index in [2.05, 4.69) is 15.0 Å². The van der Waals surface area contributed by atoms with Crippen LogP contribution in [0.3, 0.4) is 0 Å². The van der Waals surface area contributed by atoms with E-state index in [1.54, 1.807) is 35.6 Å². The normalized spacial score (nSPS) is 10.4. The van der Waals surface area contributed by atoms with E-state index >= 15 is 0 Å². The molecule has 0 aliphatic rings. The maximum absolute atomic E-state index is 12.7. The van der Waals surface area contributed by atoms with E-state index in [1.165, 1.54) is 0 Å². The van der Waals surface area contributed by atoms with Gasteiger partial charge in [0.1, 0.15) is 11.5 Å². The summed E-state index contributed by atoms with van der Waals surface area (Å²) in [6.45, 7) is 0.925. The number of benzene rings is 1. The predicted octanol–water partition coefficient (Wildman–Crippen LogP) is 2.65. The second-order valence-electron chi connectivity index (χ2n) is 4.90. The van der Waals surface area contributed by atoms with Crippen LogP contribution in [0.5, 0.6) is 0 Å². The number of imidazole rings is 1. The maximum Gasteiger partial charge on any atom is 0.273 e. The van der Waals surface area contributed by atoms with Gasteiger partial charge in [0.15, 0.2) is 0 Å². The van der Waals surface area contributed by atoms with Crippen LogP contribution in [0.1, 0.15) is 21.9 Å². The summed E-state index contributed by atoms with van der Waals surface area (Å²) in [6, 6.07) is 15.2. The number of carbonyl (C=O) groups is 1. The molecule has 0 aliphatic carbocycles. The van der Waals surface area contributed by atoms with Crippen LogP contribution in [0, 0.1) is 0 Å². The lowest BCUT2D eigenvalue weighted by Gasteiger charge is -2.21. The van der Waals surface area contributed by atoms with Crippen LogP contribution >= 0.6 is 0 Å². The first-order chi connectivity index (χ1) is 10.8. The fourth-order valence-electron chi connectivity index (χ4n) is 2.22. The molecule has 3 aromatic rings. The summed E-state index contributed by atoms with van der Waals surface area (Å²) in [5, 5.41) is 0. The SMILES string of the molecule is O=C(c1ccccn1)N(Cc1ccccc1)Cc1ncc[nH]1.